The number of likely N-dealkylation sites (tertiary alicyclic amines) is 1. The lowest BCUT2D eigenvalue weighted by atomic mass is 9.98. The van der Waals surface area contributed by atoms with Crippen molar-refractivity contribution in [2.24, 2.45) is 7.05 Å². The fraction of sp³-hybridized carbons (Fsp3) is 0.533. The number of nitrogens with one attached hydrogen (secondary N) is 1. The van der Waals surface area contributed by atoms with Crippen LogP contribution in [-0.4, -0.2) is 57.7 Å². The van der Waals surface area contributed by atoms with Crippen molar-refractivity contribution in [3.05, 3.63) is 23.8 Å². The molecule has 0 aliphatic carbocycles. The Bertz CT molecular complexity index is 757. The largest absolute Gasteiger partial charge is 0.404 e. The normalized spacial score (nSPS) is 22.7. The first-order valence-corrected chi connectivity index (χ1v) is 7.63. The van der Waals surface area contributed by atoms with Crippen molar-refractivity contribution >= 4 is 16.9 Å². The van der Waals surface area contributed by atoms with E-state index in [0.717, 1.165) is 5.52 Å². The van der Waals surface area contributed by atoms with Crippen molar-refractivity contribution in [1.29, 1.82) is 0 Å². The number of piperidine rings is 1. The van der Waals surface area contributed by atoms with Gasteiger partial charge in [-0.05, 0) is 38.1 Å². The quantitative estimate of drug-likeness (QED) is 0.904. The molecule has 0 saturated carbocycles. The molecule has 2 heterocycles. The summed E-state index contributed by atoms with van der Waals surface area (Å²) in [6.45, 7) is 0.172. The minimum Gasteiger partial charge on any atom is -0.348 e. The van der Waals surface area contributed by atoms with Gasteiger partial charge in [-0.2, -0.15) is 13.2 Å². The van der Waals surface area contributed by atoms with E-state index in [1.807, 2.05) is 0 Å². The molecular weight excluding hydrogens is 323 g/mol. The van der Waals surface area contributed by atoms with Crippen LogP contribution in [0.5, 0.6) is 0 Å². The first-order chi connectivity index (χ1) is 11.3. The number of benzene rings is 1. The molecule has 1 aliphatic heterocycles. The lowest BCUT2D eigenvalue weighted by Gasteiger charge is -2.38. The third-order valence-electron chi connectivity index (χ3n) is 4.41. The Labute approximate surface area is 136 Å². The molecule has 0 radical (unpaired) electrons. The monoisotopic (exact) mass is 341 g/mol. The number of hydrogen-bond acceptors (Lipinski definition) is 4. The number of carbonyl (C=O) groups is 1. The van der Waals surface area contributed by atoms with Gasteiger partial charge in [-0.3, -0.25) is 9.69 Å². The zero-order valence-electron chi connectivity index (χ0n) is 13.3. The molecule has 1 saturated heterocycles. The predicted octanol–water partition coefficient (Wildman–Crippen LogP) is 1.72. The number of hydrogen-bond donors (Lipinski definition) is 1. The van der Waals surface area contributed by atoms with Crippen molar-refractivity contribution in [3.8, 4) is 0 Å². The van der Waals surface area contributed by atoms with Crippen LogP contribution in [0.2, 0.25) is 0 Å². The van der Waals surface area contributed by atoms with Crippen molar-refractivity contribution in [1.82, 2.24) is 25.2 Å². The van der Waals surface area contributed by atoms with Gasteiger partial charge in [0.25, 0.3) is 5.91 Å². The second-order valence-corrected chi connectivity index (χ2v) is 6.16. The van der Waals surface area contributed by atoms with Crippen LogP contribution in [0.25, 0.3) is 11.0 Å². The van der Waals surface area contributed by atoms with Crippen molar-refractivity contribution in [2.45, 2.75) is 31.1 Å². The Morgan fingerprint density at radius 3 is 2.71 bits per heavy atom. The number of amides is 1. The summed E-state index contributed by atoms with van der Waals surface area (Å²) < 4.78 is 40.1. The van der Waals surface area contributed by atoms with Crippen LogP contribution in [-0.2, 0) is 7.05 Å². The van der Waals surface area contributed by atoms with Gasteiger partial charge in [0.05, 0.1) is 5.52 Å². The van der Waals surface area contributed by atoms with Crippen LogP contribution >= 0.6 is 0 Å². The highest BCUT2D eigenvalue weighted by Gasteiger charge is 2.44. The molecule has 2 aromatic rings. The summed E-state index contributed by atoms with van der Waals surface area (Å²) in [6.07, 6.45) is -3.95. The maximum absolute atomic E-state index is 12.9. The Kier molecular flexibility index (Phi) is 4.20. The van der Waals surface area contributed by atoms with E-state index in [9.17, 15) is 18.0 Å². The predicted molar refractivity (Wildman–Crippen MR) is 81.5 cm³/mol. The summed E-state index contributed by atoms with van der Waals surface area (Å²) in [5, 5.41) is 10.6. The summed E-state index contributed by atoms with van der Waals surface area (Å²) in [6, 6.07) is 3.26. The SMILES string of the molecule is CN1C[C@H](NC(=O)c2ccc3nnn(C)c3c2)CC[C@H]1C(F)(F)F. The number of likely N-dealkylation sites (N-methyl/N-ethyl adjacent to an activating group) is 1. The average molecular weight is 341 g/mol. The van der Waals surface area contributed by atoms with Gasteiger partial charge in [0.2, 0.25) is 0 Å². The lowest BCUT2D eigenvalue weighted by Crippen LogP contribution is -2.54. The molecule has 0 bridgehead atoms. The first kappa shape index (κ1) is 16.7. The molecule has 1 N–H and O–H groups in total. The number of alkyl halides is 3. The number of aromatic nitrogens is 3. The van der Waals surface area contributed by atoms with E-state index in [0.29, 0.717) is 17.5 Å². The molecular formula is C15H18F3N5O. The minimum atomic E-state index is -4.23. The molecule has 1 fully saturated rings. The molecule has 2 atom stereocenters. The van der Waals surface area contributed by atoms with Crippen molar-refractivity contribution in [2.75, 3.05) is 13.6 Å². The molecule has 1 amide bonds. The van der Waals surface area contributed by atoms with Crippen LogP contribution in [0.4, 0.5) is 13.2 Å². The van der Waals surface area contributed by atoms with Gasteiger partial charge >= 0.3 is 6.18 Å². The van der Waals surface area contributed by atoms with Gasteiger partial charge in [-0.15, -0.1) is 5.10 Å². The van der Waals surface area contributed by atoms with Gasteiger partial charge in [0.1, 0.15) is 11.6 Å². The number of carbonyl (C=O) groups excluding carboxylic acids is 1. The topological polar surface area (TPSA) is 63.1 Å². The van der Waals surface area contributed by atoms with E-state index in [1.165, 1.54) is 11.9 Å². The number of aryl methyl sites for hydroxylation is 1. The fourth-order valence-electron chi connectivity index (χ4n) is 3.12. The highest BCUT2D eigenvalue weighted by atomic mass is 19.4. The molecule has 6 nitrogen and oxygen atoms in total. The van der Waals surface area contributed by atoms with E-state index in [2.05, 4.69) is 15.6 Å². The smallest absolute Gasteiger partial charge is 0.348 e. The lowest BCUT2D eigenvalue weighted by molar-refractivity contribution is -0.188. The number of rotatable bonds is 2. The standard InChI is InChI=1S/C15H18F3N5O/c1-22-8-10(4-6-13(22)15(16,17)18)19-14(24)9-3-5-11-12(7-9)23(2)21-20-11/h3,5,7,10,13H,4,6,8H2,1-2H3,(H,19,24)/t10-,13+/m1/s1. The Morgan fingerprint density at radius 1 is 1.29 bits per heavy atom. The van der Waals surface area contributed by atoms with Gasteiger partial charge in [0.15, 0.2) is 0 Å². The molecule has 130 valence electrons. The number of halogens is 3. The fourth-order valence-corrected chi connectivity index (χ4v) is 3.12. The van der Waals surface area contributed by atoms with Crippen LogP contribution < -0.4 is 5.32 Å². The molecule has 1 aromatic heterocycles. The van der Waals surface area contributed by atoms with E-state index >= 15 is 0 Å². The highest BCUT2D eigenvalue weighted by Crippen LogP contribution is 2.30. The summed E-state index contributed by atoms with van der Waals surface area (Å²) in [5.74, 6) is -0.304. The molecule has 1 aromatic carbocycles. The minimum absolute atomic E-state index is 0.0182. The van der Waals surface area contributed by atoms with Crippen LogP contribution in [0.15, 0.2) is 18.2 Å². The van der Waals surface area contributed by atoms with Crippen LogP contribution in [0.1, 0.15) is 23.2 Å². The molecule has 0 spiro atoms. The van der Waals surface area contributed by atoms with Crippen LogP contribution in [0, 0.1) is 0 Å². The summed E-state index contributed by atoms with van der Waals surface area (Å²) in [7, 11) is 3.16. The van der Waals surface area contributed by atoms with Crippen molar-refractivity contribution in [3.63, 3.8) is 0 Å². The van der Waals surface area contributed by atoms with Crippen molar-refractivity contribution < 1.29 is 18.0 Å². The summed E-state index contributed by atoms with van der Waals surface area (Å²) in [5.41, 5.74) is 1.84. The third-order valence-corrected chi connectivity index (χ3v) is 4.41. The molecule has 3 rings (SSSR count). The van der Waals surface area contributed by atoms with Gasteiger partial charge in [0, 0.05) is 25.2 Å². The van der Waals surface area contributed by atoms with E-state index < -0.39 is 12.2 Å². The molecule has 1 aliphatic rings. The van der Waals surface area contributed by atoms with Crippen LogP contribution in [0.3, 0.4) is 0 Å². The van der Waals surface area contributed by atoms with Gasteiger partial charge in [-0.1, -0.05) is 5.21 Å². The van der Waals surface area contributed by atoms with E-state index in [4.69, 9.17) is 0 Å². The average Bonchev–Trinajstić information content (AvgIpc) is 2.87. The maximum atomic E-state index is 12.9. The zero-order chi connectivity index (χ0) is 17.5. The summed E-state index contributed by atoms with van der Waals surface area (Å²) in [4.78, 5) is 13.6. The Hall–Kier alpha value is -2.16. The molecule has 9 heteroatoms. The van der Waals surface area contributed by atoms with E-state index in [-0.39, 0.29) is 24.9 Å². The zero-order valence-corrected chi connectivity index (χ0v) is 13.3. The molecule has 0 unspecified atom stereocenters. The summed E-state index contributed by atoms with van der Waals surface area (Å²) >= 11 is 0. The highest BCUT2D eigenvalue weighted by molar-refractivity contribution is 5.97. The molecule has 24 heavy (non-hydrogen) atoms. The third kappa shape index (κ3) is 3.21. The number of nitrogens with zero attached hydrogens (tertiary/aromatic N) is 4. The Balaban J connectivity index is 1.67. The second kappa shape index (κ2) is 6.04. The first-order valence-electron chi connectivity index (χ1n) is 7.63. The number of fused-ring (bicyclic) bond motifs is 1. The van der Waals surface area contributed by atoms with Gasteiger partial charge < -0.3 is 5.32 Å². The Morgan fingerprint density at radius 2 is 2.04 bits per heavy atom. The second-order valence-electron chi connectivity index (χ2n) is 6.16. The maximum Gasteiger partial charge on any atom is 0.404 e. The van der Waals surface area contributed by atoms with E-state index in [1.54, 1.807) is 29.9 Å². The van der Waals surface area contributed by atoms with Gasteiger partial charge in [-0.25, -0.2) is 4.68 Å².